The molecular formula is C67H74BN3O. The van der Waals surface area contributed by atoms with Crippen LogP contribution in [0.15, 0.2) is 132 Å². The number of benzene rings is 7. The van der Waals surface area contributed by atoms with Crippen LogP contribution in [0.3, 0.4) is 0 Å². The summed E-state index contributed by atoms with van der Waals surface area (Å²) in [6.07, 6.45) is 18.7. The van der Waals surface area contributed by atoms with Crippen molar-refractivity contribution in [3.8, 4) is 11.1 Å². The van der Waals surface area contributed by atoms with Crippen molar-refractivity contribution in [2.45, 2.75) is 162 Å². The minimum Gasteiger partial charge on any atom is -0.456 e. The van der Waals surface area contributed by atoms with Crippen LogP contribution in [0.25, 0.3) is 33.1 Å². The first-order valence-electron chi connectivity index (χ1n) is 28.2. The van der Waals surface area contributed by atoms with E-state index in [1.54, 1.807) is 5.56 Å². The molecule has 4 aliphatic rings. The van der Waals surface area contributed by atoms with Crippen LogP contribution >= 0.6 is 0 Å². The SMILES string of the molecule is CCCCc1ccc(N(c2cccc(CCCC)c2)c2cc3c4c(c2)N2c5c(cc(CCCC)cc5C5(C)CCCCC25C)B4N(c2ccc(CCCC)cc2C)c2c-3ccc3oc4ccccc4c23)cc1. The molecule has 5 heteroatoms. The molecule has 12 rings (SSSR count). The number of rotatable bonds is 16. The van der Waals surface area contributed by atoms with E-state index in [1.807, 2.05) is 0 Å². The lowest BCUT2D eigenvalue weighted by atomic mass is 9.43. The average molecular weight is 948 g/mol. The van der Waals surface area contributed by atoms with Crippen molar-refractivity contribution in [3.05, 3.63) is 161 Å². The van der Waals surface area contributed by atoms with Crippen molar-refractivity contribution in [1.29, 1.82) is 0 Å². The number of nitrogens with zero attached hydrogens (tertiary/aromatic N) is 3. The second kappa shape index (κ2) is 18.7. The molecule has 2 atom stereocenters. The van der Waals surface area contributed by atoms with Gasteiger partial charge in [-0.2, -0.15) is 0 Å². The molecule has 4 nitrogen and oxygen atoms in total. The number of anilines is 7. The van der Waals surface area contributed by atoms with E-state index in [-0.39, 0.29) is 17.8 Å². The smallest absolute Gasteiger partial charge is 0.333 e. The third-order valence-corrected chi connectivity index (χ3v) is 18.0. The van der Waals surface area contributed by atoms with Gasteiger partial charge < -0.3 is 19.0 Å². The highest BCUT2D eigenvalue weighted by atomic mass is 16.3. The Morgan fingerprint density at radius 1 is 0.556 bits per heavy atom. The number of furan rings is 1. The van der Waals surface area contributed by atoms with Gasteiger partial charge in [-0.15, -0.1) is 0 Å². The quantitative estimate of drug-likeness (QED) is 0.0900. The van der Waals surface area contributed by atoms with E-state index in [9.17, 15) is 0 Å². The Kier molecular flexibility index (Phi) is 12.2. The second-order valence-corrected chi connectivity index (χ2v) is 22.6. The van der Waals surface area contributed by atoms with E-state index in [2.05, 4.69) is 190 Å². The normalized spacial score (nSPS) is 18.4. The highest BCUT2D eigenvalue weighted by molar-refractivity contribution is 6.94. The maximum atomic E-state index is 6.87. The molecule has 72 heavy (non-hydrogen) atoms. The monoisotopic (exact) mass is 948 g/mol. The Balaban J connectivity index is 1.21. The van der Waals surface area contributed by atoms with Gasteiger partial charge in [-0.25, -0.2) is 0 Å². The van der Waals surface area contributed by atoms with Crippen LogP contribution in [0.2, 0.25) is 0 Å². The molecule has 0 saturated heterocycles. The number of unbranched alkanes of at least 4 members (excludes halogenated alkanes) is 4. The molecule has 0 bridgehead atoms. The van der Waals surface area contributed by atoms with Crippen molar-refractivity contribution in [2.24, 2.45) is 0 Å². The van der Waals surface area contributed by atoms with Crippen LogP contribution in [-0.2, 0) is 31.1 Å². The van der Waals surface area contributed by atoms with E-state index in [4.69, 9.17) is 4.42 Å². The first kappa shape index (κ1) is 46.8. The molecule has 7 aromatic carbocycles. The minimum absolute atomic E-state index is 0.0158. The Morgan fingerprint density at radius 3 is 2.00 bits per heavy atom. The molecule has 366 valence electrons. The molecule has 0 spiro atoms. The zero-order valence-electron chi connectivity index (χ0n) is 44.3. The van der Waals surface area contributed by atoms with Gasteiger partial charge in [0, 0.05) is 56.2 Å². The first-order valence-corrected chi connectivity index (χ1v) is 28.2. The van der Waals surface area contributed by atoms with E-state index < -0.39 is 0 Å². The predicted molar refractivity (Wildman–Crippen MR) is 309 cm³/mol. The number of aryl methyl sites for hydroxylation is 5. The molecule has 1 aliphatic carbocycles. The van der Waals surface area contributed by atoms with Gasteiger partial charge in [0.2, 0.25) is 0 Å². The molecule has 1 aromatic heterocycles. The van der Waals surface area contributed by atoms with Gasteiger partial charge in [-0.3, -0.25) is 0 Å². The van der Waals surface area contributed by atoms with Gasteiger partial charge >= 0.3 is 6.85 Å². The van der Waals surface area contributed by atoms with Crippen molar-refractivity contribution < 1.29 is 4.42 Å². The van der Waals surface area contributed by atoms with Crippen molar-refractivity contribution in [1.82, 2.24) is 0 Å². The van der Waals surface area contributed by atoms with Crippen LogP contribution in [0.1, 0.15) is 152 Å². The lowest BCUT2D eigenvalue weighted by Gasteiger charge is -2.53. The fourth-order valence-corrected chi connectivity index (χ4v) is 14.0. The van der Waals surface area contributed by atoms with Crippen LogP contribution in [0.5, 0.6) is 0 Å². The standard InChI is InChI=1S/C67H74BN3O/c1-8-12-21-46-29-32-50(33-30-46)69(51-26-20-25-47(40-51)22-13-9-2)52-43-55-53-34-36-61-62(54-27-16-17-28-60(54)72-61)64(53)71(58-35-31-48(23-14-10-3)39-45(58)5)68-57-42-49(24-15-11-4)41-56-65(57)70(59(44-52)63(55)68)67(7)38-19-18-37-66(56,67)6/h16-17,20,25-36,39-44H,8-15,18-19,21-24,37-38H2,1-7H3. The molecule has 0 radical (unpaired) electrons. The van der Waals surface area contributed by atoms with Gasteiger partial charge in [0.1, 0.15) is 11.2 Å². The van der Waals surface area contributed by atoms with Gasteiger partial charge in [-0.05, 0) is 189 Å². The molecule has 1 fully saturated rings. The molecule has 3 aliphatic heterocycles. The average Bonchev–Trinajstić information content (AvgIpc) is 3.88. The highest BCUT2D eigenvalue weighted by Crippen LogP contribution is 2.63. The fraction of sp³-hybridized carbons (Fsp3) is 0.373. The zero-order valence-corrected chi connectivity index (χ0v) is 44.3. The summed E-state index contributed by atoms with van der Waals surface area (Å²) in [5, 5.41) is 2.37. The van der Waals surface area contributed by atoms with Crippen LogP contribution in [-0.4, -0.2) is 12.4 Å². The summed E-state index contributed by atoms with van der Waals surface area (Å²) in [6, 6.07) is 50.4. The summed E-state index contributed by atoms with van der Waals surface area (Å²) in [6.45, 7) is 16.8. The summed E-state index contributed by atoms with van der Waals surface area (Å²) < 4.78 is 6.87. The Bertz CT molecular complexity index is 3350. The highest BCUT2D eigenvalue weighted by Gasteiger charge is 2.62. The van der Waals surface area contributed by atoms with Crippen LogP contribution in [0.4, 0.5) is 39.8 Å². The largest absolute Gasteiger partial charge is 0.456 e. The fourth-order valence-electron chi connectivity index (χ4n) is 14.0. The summed E-state index contributed by atoms with van der Waals surface area (Å²) in [7, 11) is 0. The summed E-state index contributed by atoms with van der Waals surface area (Å²) in [5.74, 6) is 0. The number of hydrogen-bond acceptors (Lipinski definition) is 4. The maximum Gasteiger partial charge on any atom is 0.333 e. The molecule has 2 unspecified atom stereocenters. The molecule has 0 N–H and O–H groups in total. The summed E-state index contributed by atoms with van der Waals surface area (Å²) in [4.78, 5) is 8.32. The van der Waals surface area contributed by atoms with E-state index in [0.717, 1.165) is 43.3 Å². The summed E-state index contributed by atoms with van der Waals surface area (Å²) >= 11 is 0. The Hall–Kier alpha value is -6.20. The van der Waals surface area contributed by atoms with E-state index in [1.165, 1.54) is 171 Å². The maximum absolute atomic E-state index is 6.87. The summed E-state index contributed by atoms with van der Waals surface area (Å²) in [5.41, 5.74) is 24.8. The molecule has 8 aromatic rings. The third kappa shape index (κ3) is 7.37. The Labute approximate surface area is 430 Å². The Morgan fingerprint density at radius 2 is 1.25 bits per heavy atom. The third-order valence-electron chi connectivity index (χ3n) is 18.0. The molecule has 4 heterocycles. The number of fused-ring (bicyclic) bond motifs is 11. The minimum atomic E-state index is -0.110. The van der Waals surface area contributed by atoms with Crippen molar-refractivity contribution >= 4 is 79.5 Å². The molecule has 1 saturated carbocycles. The zero-order chi connectivity index (χ0) is 49.3. The number of hydrogen-bond donors (Lipinski definition) is 0. The van der Waals surface area contributed by atoms with Crippen LogP contribution < -0.4 is 25.5 Å². The van der Waals surface area contributed by atoms with Gasteiger partial charge in [0.15, 0.2) is 0 Å². The number of para-hydroxylation sites is 1. The van der Waals surface area contributed by atoms with Gasteiger partial charge in [-0.1, -0.05) is 140 Å². The topological polar surface area (TPSA) is 22.9 Å². The van der Waals surface area contributed by atoms with E-state index in [0.29, 0.717) is 0 Å². The van der Waals surface area contributed by atoms with Gasteiger partial charge in [0.25, 0.3) is 0 Å². The molecular weight excluding hydrogens is 874 g/mol. The lowest BCUT2D eigenvalue weighted by Crippen LogP contribution is -2.64. The second-order valence-electron chi connectivity index (χ2n) is 22.6. The first-order chi connectivity index (χ1) is 35.2. The van der Waals surface area contributed by atoms with Crippen molar-refractivity contribution in [3.63, 3.8) is 0 Å². The lowest BCUT2D eigenvalue weighted by molar-refractivity contribution is 0.195. The predicted octanol–water partition coefficient (Wildman–Crippen LogP) is 17.7. The van der Waals surface area contributed by atoms with Crippen LogP contribution in [0, 0.1) is 6.92 Å². The van der Waals surface area contributed by atoms with Crippen molar-refractivity contribution in [2.75, 3.05) is 14.6 Å². The van der Waals surface area contributed by atoms with Gasteiger partial charge in [0.05, 0.1) is 10.9 Å². The van der Waals surface area contributed by atoms with E-state index >= 15 is 0 Å². The molecule has 0 amide bonds.